The summed E-state index contributed by atoms with van der Waals surface area (Å²) in [5.74, 6) is 0.164. The molecule has 1 saturated heterocycles. The zero-order valence-electron chi connectivity index (χ0n) is 29.8. The van der Waals surface area contributed by atoms with Crippen molar-refractivity contribution in [2.24, 2.45) is 13.0 Å². The fourth-order valence-corrected chi connectivity index (χ4v) is 6.47. The lowest BCUT2D eigenvalue weighted by molar-refractivity contribution is -0.942. The summed E-state index contributed by atoms with van der Waals surface area (Å²) in [4.78, 5) is 30.9. The van der Waals surface area contributed by atoms with Crippen molar-refractivity contribution in [2.45, 2.75) is 98.7 Å². The number of piperidine rings is 1. The van der Waals surface area contributed by atoms with Gasteiger partial charge in [0.2, 0.25) is 5.91 Å². The van der Waals surface area contributed by atoms with E-state index in [4.69, 9.17) is 0 Å². The summed E-state index contributed by atoms with van der Waals surface area (Å²) in [5, 5.41) is 9.96. The van der Waals surface area contributed by atoms with E-state index in [0.29, 0.717) is 53.1 Å². The summed E-state index contributed by atoms with van der Waals surface area (Å²) in [7, 11) is 4.37. The number of aromatic nitrogens is 3. The average molecular weight is 633 g/mol. The van der Waals surface area contributed by atoms with Gasteiger partial charge in [-0.3, -0.25) is 19.3 Å². The zero-order chi connectivity index (χ0) is 34.0. The van der Waals surface area contributed by atoms with Gasteiger partial charge in [-0.25, -0.2) is 0 Å². The minimum atomic E-state index is -0.254. The predicted octanol–water partition coefficient (Wildman–Crippen LogP) is 6.75. The normalized spacial score (nSPS) is 22.0. The molecule has 0 spiro atoms. The molecule has 252 valence electrons. The van der Waals surface area contributed by atoms with E-state index in [1.54, 1.807) is 19.2 Å². The van der Waals surface area contributed by atoms with Gasteiger partial charge in [0.25, 0.3) is 5.91 Å². The van der Waals surface area contributed by atoms with E-state index in [-0.39, 0.29) is 11.8 Å². The van der Waals surface area contributed by atoms with E-state index < -0.39 is 0 Å². The molecular formula is C37H58N7O2+. The first-order valence-corrected chi connectivity index (χ1v) is 17.0. The molecule has 4 heterocycles. The van der Waals surface area contributed by atoms with Crippen molar-refractivity contribution in [2.75, 3.05) is 37.3 Å². The van der Waals surface area contributed by atoms with E-state index in [9.17, 15) is 9.59 Å². The molecule has 3 atom stereocenters. The van der Waals surface area contributed by atoms with Crippen LogP contribution in [-0.4, -0.2) is 80.8 Å². The number of likely N-dealkylation sites (N-methyl/N-ethyl adjacent to an activating group) is 1. The lowest BCUT2D eigenvalue weighted by atomic mass is 9.92. The summed E-state index contributed by atoms with van der Waals surface area (Å²) in [5.41, 5.74) is 4.82. The molecule has 9 heteroatoms. The number of carbonyl (C=O) groups is 2. The fraction of sp³-hybridized carbons (Fsp3) is 0.568. The van der Waals surface area contributed by atoms with Gasteiger partial charge in [0.1, 0.15) is 12.1 Å². The van der Waals surface area contributed by atoms with Crippen LogP contribution in [-0.2, 0) is 16.6 Å². The summed E-state index contributed by atoms with van der Waals surface area (Å²) in [6, 6.07) is 3.42. The third-order valence-electron chi connectivity index (χ3n) is 9.63. The molecule has 2 amide bonds. The van der Waals surface area contributed by atoms with E-state index >= 15 is 0 Å². The number of nitrogens with zero attached hydrogens (tertiary/aromatic N) is 5. The number of anilines is 2. The molecule has 0 radical (unpaired) electrons. The van der Waals surface area contributed by atoms with Crippen LogP contribution in [0.15, 0.2) is 55.0 Å². The number of hydrogen-bond acceptors (Lipinski definition) is 5. The van der Waals surface area contributed by atoms with Gasteiger partial charge in [0, 0.05) is 43.3 Å². The van der Waals surface area contributed by atoms with Crippen molar-refractivity contribution in [1.82, 2.24) is 19.7 Å². The highest BCUT2D eigenvalue weighted by Crippen LogP contribution is 2.29. The van der Waals surface area contributed by atoms with Crippen molar-refractivity contribution in [3.8, 4) is 0 Å². The Labute approximate surface area is 277 Å². The van der Waals surface area contributed by atoms with Gasteiger partial charge in [0.05, 0.1) is 43.1 Å². The standard InChI is InChI=1S/C20H30N4O2.C17H28N3/c1-13(2)20(26)23-18-11-17(12-21-15(18)5)22-19(25)10-16-6-8-24(9-7-16)14(3)4;1-6-10-20(5)14(3)11-15(8-9-17(20)7-2)16-12-18-19(4)13-16/h11-12,14,16H,1,6-10H2,2-5H3,(H,22,25)(H,23,26);8-9,11-14,17H,6-7,10H2,1-5H3/q;+1. The molecule has 3 unspecified atom stereocenters. The van der Waals surface area contributed by atoms with Crippen molar-refractivity contribution >= 4 is 28.8 Å². The highest BCUT2D eigenvalue weighted by Gasteiger charge is 2.35. The molecular weight excluding hydrogens is 574 g/mol. The van der Waals surface area contributed by atoms with Gasteiger partial charge in [0.15, 0.2) is 0 Å². The molecule has 4 rings (SSSR count). The minimum Gasteiger partial charge on any atom is -0.325 e. The second-order valence-electron chi connectivity index (χ2n) is 13.6. The molecule has 2 aliphatic heterocycles. The highest BCUT2D eigenvalue weighted by atomic mass is 16.2. The number of carbonyl (C=O) groups excluding carboxylic acids is 2. The number of pyridine rings is 1. The number of amides is 2. The van der Waals surface area contributed by atoms with Crippen LogP contribution in [0.25, 0.3) is 5.57 Å². The smallest absolute Gasteiger partial charge is 0.250 e. The lowest BCUT2D eigenvalue weighted by Crippen LogP contribution is -2.56. The zero-order valence-corrected chi connectivity index (χ0v) is 29.8. The number of likely N-dealkylation sites (tertiary alicyclic amines) is 1. The van der Waals surface area contributed by atoms with E-state index in [1.807, 2.05) is 24.9 Å². The fourth-order valence-electron chi connectivity index (χ4n) is 6.47. The third-order valence-corrected chi connectivity index (χ3v) is 9.63. The third kappa shape index (κ3) is 9.97. The molecule has 0 saturated carbocycles. The molecule has 2 N–H and O–H groups in total. The Balaban J connectivity index is 0.000000259. The second kappa shape index (κ2) is 16.8. The van der Waals surface area contributed by atoms with Crippen molar-refractivity contribution in [3.63, 3.8) is 0 Å². The molecule has 0 aromatic carbocycles. The monoisotopic (exact) mass is 632 g/mol. The molecule has 1 fully saturated rings. The van der Waals surface area contributed by atoms with Gasteiger partial charge in [-0.1, -0.05) is 26.5 Å². The number of hydrogen-bond donors (Lipinski definition) is 2. The Hall–Kier alpha value is -3.56. The van der Waals surface area contributed by atoms with Crippen LogP contribution in [0.2, 0.25) is 0 Å². The van der Waals surface area contributed by atoms with Crippen molar-refractivity contribution in [1.29, 1.82) is 0 Å². The molecule has 0 aliphatic carbocycles. The molecule has 2 aromatic heterocycles. The number of rotatable bonds is 10. The molecule has 2 aliphatic rings. The largest absolute Gasteiger partial charge is 0.325 e. The van der Waals surface area contributed by atoms with E-state index in [0.717, 1.165) is 30.4 Å². The predicted molar refractivity (Wildman–Crippen MR) is 190 cm³/mol. The van der Waals surface area contributed by atoms with Crippen LogP contribution in [0.1, 0.15) is 84.9 Å². The van der Waals surface area contributed by atoms with Crippen molar-refractivity contribution in [3.05, 3.63) is 66.3 Å². The summed E-state index contributed by atoms with van der Waals surface area (Å²) in [6.07, 6.45) is 17.8. The van der Waals surface area contributed by atoms with Gasteiger partial charge in [-0.05, 0) is 96.7 Å². The van der Waals surface area contributed by atoms with Crippen LogP contribution in [0, 0.1) is 12.8 Å². The quantitative estimate of drug-likeness (QED) is 0.223. The first kappa shape index (κ1) is 36.9. The Kier molecular flexibility index (Phi) is 13.5. The SMILES string of the molecule is C=C(C)C(=O)Nc1cc(NC(=O)CC2CCN(C(C)C)CC2)cnc1C.CCC[N+]1(C)C(C)C=C(c2cnn(C)c2)C=CC1CC. The first-order chi connectivity index (χ1) is 21.8. The van der Waals surface area contributed by atoms with Crippen LogP contribution < -0.4 is 10.6 Å². The lowest BCUT2D eigenvalue weighted by Gasteiger charge is -2.43. The first-order valence-electron chi connectivity index (χ1n) is 17.0. The maximum absolute atomic E-state index is 12.4. The molecule has 0 bridgehead atoms. The number of quaternary nitrogens is 1. The Morgan fingerprint density at radius 1 is 1.15 bits per heavy atom. The molecule has 46 heavy (non-hydrogen) atoms. The summed E-state index contributed by atoms with van der Waals surface area (Å²) in [6.45, 7) is 21.8. The number of aryl methyl sites for hydroxylation is 2. The van der Waals surface area contributed by atoms with Crippen LogP contribution in [0.4, 0.5) is 11.4 Å². The maximum Gasteiger partial charge on any atom is 0.250 e. The number of nitrogens with one attached hydrogen (secondary N) is 2. The van der Waals surface area contributed by atoms with Crippen LogP contribution in [0.5, 0.6) is 0 Å². The topological polar surface area (TPSA) is 92.2 Å². The van der Waals surface area contributed by atoms with E-state index in [2.05, 4.69) is 98.3 Å². The number of allylic oxidation sites excluding steroid dienone is 2. The van der Waals surface area contributed by atoms with Gasteiger partial charge >= 0.3 is 0 Å². The van der Waals surface area contributed by atoms with Gasteiger partial charge in [-0.15, -0.1) is 0 Å². The van der Waals surface area contributed by atoms with Crippen LogP contribution in [0.3, 0.4) is 0 Å². The highest BCUT2D eigenvalue weighted by molar-refractivity contribution is 6.03. The van der Waals surface area contributed by atoms with Gasteiger partial charge in [-0.2, -0.15) is 5.10 Å². The Morgan fingerprint density at radius 2 is 1.85 bits per heavy atom. The second-order valence-corrected chi connectivity index (χ2v) is 13.6. The minimum absolute atomic E-state index is 0.00386. The molecule has 2 aromatic rings. The van der Waals surface area contributed by atoms with Crippen LogP contribution >= 0.6 is 0 Å². The Morgan fingerprint density at radius 3 is 2.41 bits per heavy atom. The molecule has 9 nitrogen and oxygen atoms in total. The van der Waals surface area contributed by atoms with Crippen molar-refractivity contribution < 1.29 is 14.1 Å². The average Bonchev–Trinajstić information content (AvgIpc) is 3.39. The summed E-state index contributed by atoms with van der Waals surface area (Å²) >= 11 is 0. The van der Waals surface area contributed by atoms with E-state index in [1.165, 1.54) is 30.5 Å². The Bertz CT molecular complexity index is 1400. The van der Waals surface area contributed by atoms with Gasteiger partial charge < -0.3 is 20.0 Å². The summed E-state index contributed by atoms with van der Waals surface area (Å²) < 4.78 is 2.98. The maximum atomic E-state index is 12.4.